The SMILES string of the molecule is O=C(NCCCN(C(=O)Nc1ccccc1F)c1ccc(F)cc1)Nc1cc(C(F)(F)F)cc(C(F)(F)F)c1. The van der Waals surface area contributed by atoms with Crippen molar-refractivity contribution in [2.24, 2.45) is 0 Å². The number of carbonyl (C=O) groups is 2. The van der Waals surface area contributed by atoms with Crippen LogP contribution >= 0.6 is 0 Å². The van der Waals surface area contributed by atoms with Gasteiger partial charge in [0.05, 0.1) is 16.8 Å². The number of rotatable bonds is 7. The third-order valence-corrected chi connectivity index (χ3v) is 5.19. The van der Waals surface area contributed by atoms with Crippen molar-refractivity contribution < 1.29 is 44.7 Å². The zero-order chi connectivity index (χ0) is 28.8. The van der Waals surface area contributed by atoms with Crippen molar-refractivity contribution in [3.63, 3.8) is 0 Å². The van der Waals surface area contributed by atoms with Crippen LogP contribution in [0.25, 0.3) is 0 Å². The fourth-order valence-corrected chi connectivity index (χ4v) is 3.36. The number of hydrogen-bond acceptors (Lipinski definition) is 2. The van der Waals surface area contributed by atoms with Gasteiger partial charge >= 0.3 is 24.4 Å². The minimum Gasteiger partial charge on any atom is -0.338 e. The van der Waals surface area contributed by atoms with Crippen LogP contribution in [0, 0.1) is 11.6 Å². The van der Waals surface area contributed by atoms with Gasteiger partial charge in [0.2, 0.25) is 0 Å². The summed E-state index contributed by atoms with van der Waals surface area (Å²) in [6.07, 6.45) is -10.1. The Morgan fingerprint density at radius 3 is 1.92 bits per heavy atom. The highest BCUT2D eigenvalue weighted by molar-refractivity contribution is 6.01. The average Bonchev–Trinajstić information content (AvgIpc) is 2.85. The molecule has 3 N–H and O–H groups in total. The summed E-state index contributed by atoms with van der Waals surface area (Å²) in [5.74, 6) is -1.28. The van der Waals surface area contributed by atoms with Crippen molar-refractivity contribution in [2.75, 3.05) is 28.6 Å². The first-order chi connectivity index (χ1) is 18.2. The lowest BCUT2D eigenvalue weighted by Crippen LogP contribution is -2.38. The molecule has 3 rings (SSSR count). The zero-order valence-corrected chi connectivity index (χ0v) is 19.8. The molecule has 0 aliphatic rings. The van der Waals surface area contributed by atoms with E-state index in [2.05, 4.69) is 10.6 Å². The Hall–Kier alpha value is -4.36. The van der Waals surface area contributed by atoms with Crippen LogP contribution in [0.5, 0.6) is 0 Å². The van der Waals surface area contributed by atoms with Crippen molar-refractivity contribution in [3.05, 3.63) is 89.5 Å². The largest absolute Gasteiger partial charge is 0.416 e. The summed E-state index contributed by atoms with van der Waals surface area (Å²) in [4.78, 5) is 26.1. The molecular weight excluding hydrogens is 540 g/mol. The van der Waals surface area contributed by atoms with Crippen LogP contribution < -0.4 is 20.9 Å². The van der Waals surface area contributed by atoms with Gasteiger partial charge in [-0.3, -0.25) is 4.90 Å². The Morgan fingerprint density at radius 1 is 0.769 bits per heavy atom. The quantitative estimate of drug-likeness (QED) is 0.210. The Bertz CT molecular complexity index is 1280. The van der Waals surface area contributed by atoms with Gasteiger partial charge in [-0.25, -0.2) is 18.4 Å². The molecule has 0 radical (unpaired) electrons. The summed E-state index contributed by atoms with van der Waals surface area (Å²) in [5.41, 5.74) is -3.80. The predicted molar refractivity (Wildman–Crippen MR) is 127 cm³/mol. The van der Waals surface area contributed by atoms with E-state index in [1.54, 1.807) is 0 Å². The van der Waals surface area contributed by atoms with Crippen molar-refractivity contribution >= 4 is 29.1 Å². The van der Waals surface area contributed by atoms with Crippen LogP contribution in [0.4, 0.5) is 61.8 Å². The van der Waals surface area contributed by atoms with E-state index in [0.29, 0.717) is 12.1 Å². The summed E-state index contributed by atoms with van der Waals surface area (Å²) in [6.45, 7) is -0.254. The molecule has 3 aromatic carbocycles. The summed E-state index contributed by atoms with van der Waals surface area (Å²) < 4.78 is 105. The van der Waals surface area contributed by atoms with Crippen LogP contribution in [0.1, 0.15) is 17.5 Å². The Morgan fingerprint density at radius 2 is 1.36 bits per heavy atom. The van der Waals surface area contributed by atoms with E-state index < -0.39 is 52.9 Å². The van der Waals surface area contributed by atoms with Crippen molar-refractivity contribution in [2.45, 2.75) is 18.8 Å². The first-order valence-corrected chi connectivity index (χ1v) is 11.2. The monoisotopic (exact) mass is 560 g/mol. The number of benzene rings is 3. The molecule has 0 atom stereocenters. The maximum atomic E-state index is 14.0. The third kappa shape index (κ3) is 8.32. The highest BCUT2D eigenvalue weighted by Crippen LogP contribution is 2.37. The lowest BCUT2D eigenvalue weighted by molar-refractivity contribution is -0.143. The number of halogens is 8. The van der Waals surface area contributed by atoms with Crippen molar-refractivity contribution in [3.8, 4) is 0 Å². The van der Waals surface area contributed by atoms with Gasteiger partial charge in [-0.2, -0.15) is 26.3 Å². The van der Waals surface area contributed by atoms with E-state index in [4.69, 9.17) is 0 Å². The van der Waals surface area contributed by atoms with Crippen molar-refractivity contribution in [1.29, 1.82) is 0 Å². The van der Waals surface area contributed by atoms with Crippen LogP contribution in [0.15, 0.2) is 66.7 Å². The van der Waals surface area contributed by atoms with Gasteiger partial charge in [-0.1, -0.05) is 12.1 Å². The number of nitrogens with zero attached hydrogens (tertiary/aromatic N) is 1. The molecule has 0 aromatic heterocycles. The molecule has 14 heteroatoms. The summed E-state index contributed by atoms with van der Waals surface area (Å²) in [5, 5.41) is 6.57. The molecule has 0 unspecified atom stereocenters. The van der Waals surface area contributed by atoms with Gasteiger partial charge in [0.25, 0.3) is 0 Å². The number of para-hydroxylation sites is 1. The van der Waals surface area contributed by atoms with E-state index >= 15 is 0 Å². The third-order valence-electron chi connectivity index (χ3n) is 5.19. The Kier molecular flexibility index (Phi) is 8.99. The molecule has 0 fully saturated rings. The highest BCUT2D eigenvalue weighted by Gasteiger charge is 2.37. The fourth-order valence-electron chi connectivity index (χ4n) is 3.36. The smallest absolute Gasteiger partial charge is 0.338 e. The lowest BCUT2D eigenvalue weighted by atomic mass is 10.1. The van der Waals surface area contributed by atoms with Gasteiger partial charge in [-0.15, -0.1) is 0 Å². The summed E-state index contributed by atoms with van der Waals surface area (Å²) in [6, 6.07) is 8.91. The Labute approximate surface area is 216 Å². The second kappa shape index (κ2) is 12.0. The molecule has 0 saturated carbocycles. The molecule has 0 aliphatic carbocycles. The molecule has 39 heavy (non-hydrogen) atoms. The molecule has 0 saturated heterocycles. The molecule has 0 aliphatic heterocycles. The molecule has 208 valence electrons. The zero-order valence-electron chi connectivity index (χ0n) is 19.8. The number of amides is 4. The Balaban J connectivity index is 1.64. The van der Waals surface area contributed by atoms with E-state index in [0.717, 1.165) is 23.1 Å². The van der Waals surface area contributed by atoms with Crippen LogP contribution in [-0.2, 0) is 12.4 Å². The van der Waals surface area contributed by atoms with Crippen molar-refractivity contribution in [1.82, 2.24) is 5.32 Å². The second-order valence-electron chi connectivity index (χ2n) is 8.07. The number of carbonyl (C=O) groups excluding carboxylic acids is 2. The molecule has 0 heterocycles. The van der Waals surface area contributed by atoms with Gasteiger partial charge in [0.15, 0.2) is 0 Å². The number of urea groups is 2. The minimum atomic E-state index is -5.08. The highest BCUT2D eigenvalue weighted by atomic mass is 19.4. The van der Waals surface area contributed by atoms with Gasteiger partial charge in [-0.05, 0) is 61.0 Å². The minimum absolute atomic E-state index is 0.0475. The van der Waals surface area contributed by atoms with Crippen LogP contribution in [0.2, 0.25) is 0 Å². The fraction of sp³-hybridized carbons (Fsp3) is 0.200. The van der Waals surface area contributed by atoms with E-state index in [9.17, 15) is 44.7 Å². The van der Waals surface area contributed by atoms with Crippen LogP contribution in [0.3, 0.4) is 0 Å². The standard InChI is InChI=1S/C25H20F8N4O2/c26-17-6-8-19(9-7-17)37(23(39)36-21-5-2-1-4-20(21)27)11-3-10-34-22(38)35-18-13-15(24(28,29)30)12-16(14-18)25(31,32)33/h1-2,4-9,12-14H,3,10-11H2,(H,36,39)(H2,34,35,38). The summed E-state index contributed by atoms with van der Waals surface area (Å²) >= 11 is 0. The molecule has 4 amide bonds. The first kappa shape index (κ1) is 29.2. The lowest BCUT2D eigenvalue weighted by Gasteiger charge is -2.23. The normalized spacial score (nSPS) is 11.6. The average molecular weight is 560 g/mol. The number of hydrogen-bond donors (Lipinski definition) is 3. The number of anilines is 3. The van der Waals surface area contributed by atoms with Crippen LogP contribution in [-0.4, -0.2) is 25.2 Å². The van der Waals surface area contributed by atoms with Gasteiger partial charge in [0, 0.05) is 24.5 Å². The molecule has 0 bridgehead atoms. The maximum absolute atomic E-state index is 14.0. The molecular formula is C25H20F8N4O2. The first-order valence-electron chi connectivity index (χ1n) is 11.2. The molecule has 3 aromatic rings. The maximum Gasteiger partial charge on any atom is 0.416 e. The number of alkyl halides is 6. The topological polar surface area (TPSA) is 73.5 Å². The predicted octanol–water partition coefficient (Wildman–Crippen LogP) is 7.25. The van der Waals surface area contributed by atoms with E-state index in [1.165, 1.54) is 30.3 Å². The van der Waals surface area contributed by atoms with Gasteiger partial charge < -0.3 is 16.0 Å². The molecule has 6 nitrogen and oxygen atoms in total. The summed E-state index contributed by atoms with van der Waals surface area (Å²) in [7, 11) is 0. The van der Waals surface area contributed by atoms with E-state index in [-0.39, 0.29) is 37.0 Å². The van der Waals surface area contributed by atoms with Gasteiger partial charge in [0.1, 0.15) is 11.6 Å². The van der Waals surface area contributed by atoms with E-state index in [1.807, 2.05) is 5.32 Å². The molecule has 0 spiro atoms. The second-order valence-corrected chi connectivity index (χ2v) is 8.07. The number of nitrogens with one attached hydrogen (secondary N) is 3.